The lowest BCUT2D eigenvalue weighted by molar-refractivity contribution is -0.139. The number of anilines is 1. The Morgan fingerprint density at radius 2 is 2.24 bits per heavy atom. The van der Waals surface area contributed by atoms with Crippen LogP contribution in [0.5, 0.6) is 0 Å². The number of carbonyl (C=O) groups is 1. The average molecular weight is 383 g/mol. The highest BCUT2D eigenvalue weighted by molar-refractivity contribution is 7.99. The van der Waals surface area contributed by atoms with Gasteiger partial charge in [-0.25, -0.2) is 4.98 Å². The molecule has 8 heteroatoms. The maximum Gasteiger partial charge on any atom is 0.322 e. The molecule has 1 saturated heterocycles. The summed E-state index contributed by atoms with van der Waals surface area (Å²) in [6, 6.07) is 3.25. The molecule has 2 heterocycles. The van der Waals surface area contributed by atoms with Gasteiger partial charge in [0.25, 0.3) is 0 Å². The van der Waals surface area contributed by atoms with E-state index in [1.54, 1.807) is 11.8 Å². The van der Waals surface area contributed by atoms with Crippen LogP contribution in [0.4, 0.5) is 5.69 Å². The van der Waals surface area contributed by atoms with Crippen molar-refractivity contribution in [2.24, 2.45) is 0 Å². The Balaban J connectivity index is 1.86. The number of benzene rings is 1. The van der Waals surface area contributed by atoms with Crippen molar-refractivity contribution >= 4 is 46.1 Å². The molecule has 136 valence electrons. The fourth-order valence-corrected chi connectivity index (χ4v) is 4.29. The van der Waals surface area contributed by atoms with E-state index in [2.05, 4.69) is 29.1 Å². The molecule has 0 spiro atoms. The zero-order valence-corrected chi connectivity index (χ0v) is 16.0. The number of nitrogens with one attached hydrogen (secondary N) is 2. The first-order valence-electron chi connectivity index (χ1n) is 8.58. The molecule has 25 heavy (non-hydrogen) atoms. The first kappa shape index (κ1) is 18.4. The molecule has 6 nitrogen and oxygen atoms in total. The number of hydrogen-bond donors (Lipinski definition) is 3. The molecular weight excluding hydrogens is 360 g/mol. The molecule has 0 amide bonds. The summed E-state index contributed by atoms with van der Waals surface area (Å²) in [5.74, 6) is -0.842. The van der Waals surface area contributed by atoms with E-state index in [0.717, 1.165) is 41.3 Å². The van der Waals surface area contributed by atoms with Crippen molar-refractivity contribution in [2.45, 2.75) is 43.1 Å². The van der Waals surface area contributed by atoms with Crippen LogP contribution in [0.15, 0.2) is 17.3 Å². The number of carboxylic acids is 1. The molecule has 3 N–H and O–H groups in total. The molecule has 0 aliphatic carbocycles. The number of carboxylic acid groups (broad SMARTS) is 1. The van der Waals surface area contributed by atoms with E-state index < -0.39 is 12.0 Å². The number of aromatic nitrogens is 2. The van der Waals surface area contributed by atoms with Gasteiger partial charge in [0.05, 0.1) is 21.7 Å². The maximum atomic E-state index is 11.2. The minimum Gasteiger partial charge on any atom is -0.480 e. The summed E-state index contributed by atoms with van der Waals surface area (Å²) in [5, 5.41) is 14.3. The third kappa shape index (κ3) is 4.04. The van der Waals surface area contributed by atoms with Crippen LogP contribution < -0.4 is 10.2 Å². The molecule has 0 radical (unpaired) electrons. The monoisotopic (exact) mass is 382 g/mol. The van der Waals surface area contributed by atoms with Gasteiger partial charge < -0.3 is 20.3 Å². The summed E-state index contributed by atoms with van der Waals surface area (Å²) in [6.45, 7) is 6.08. The second-order valence-corrected chi connectivity index (χ2v) is 7.91. The van der Waals surface area contributed by atoms with E-state index in [1.165, 1.54) is 0 Å². The Morgan fingerprint density at radius 1 is 1.48 bits per heavy atom. The van der Waals surface area contributed by atoms with Crippen molar-refractivity contribution in [3.05, 3.63) is 17.2 Å². The second-order valence-electron chi connectivity index (χ2n) is 6.21. The predicted molar refractivity (Wildman–Crippen MR) is 103 cm³/mol. The standard InChI is InChI=1S/C17H23ClN4O2S/c1-3-10(4-2)25-17-20-12-7-11(18)15(8-13(12)21-17)22-6-5-19-14(9-22)16(23)24/h7-8,10,14,19H,3-6,9H2,1-2H3,(H,20,21)(H,23,24). The number of H-pyrrole nitrogens is 1. The fraction of sp³-hybridized carbons (Fsp3) is 0.529. The minimum absolute atomic E-state index is 0.389. The maximum absolute atomic E-state index is 11.2. The molecule has 1 aromatic heterocycles. The van der Waals surface area contributed by atoms with Gasteiger partial charge in [-0.1, -0.05) is 37.2 Å². The molecule has 2 aromatic rings. The Labute approximate surface area is 156 Å². The first-order valence-corrected chi connectivity index (χ1v) is 9.84. The number of piperazine rings is 1. The summed E-state index contributed by atoms with van der Waals surface area (Å²) in [7, 11) is 0. The quantitative estimate of drug-likeness (QED) is 0.664. The normalized spacial score (nSPS) is 18.2. The van der Waals surface area contributed by atoms with Gasteiger partial charge in [0.2, 0.25) is 0 Å². The van der Waals surface area contributed by atoms with Crippen molar-refractivity contribution in [2.75, 3.05) is 24.5 Å². The van der Waals surface area contributed by atoms with Crippen LogP contribution in [-0.2, 0) is 4.79 Å². The van der Waals surface area contributed by atoms with Gasteiger partial charge in [-0.2, -0.15) is 0 Å². The summed E-state index contributed by atoms with van der Waals surface area (Å²) in [4.78, 5) is 21.3. The number of aromatic amines is 1. The van der Waals surface area contributed by atoms with Crippen LogP contribution in [-0.4, -0.2) is 52.0 Å². The van der Waals surface area contributed by atoms with Crippen LogP contribution in [0, 0.1) is 0 Å². The lowest BCUT2D eigenvalue weighted by Gasteiger charge is -2.33. The molecule has 0 bridgehead atoms. The van der Waals surface area contributed by atoms with Gasteiger partial charge in [-0.3, -0.25) is 4.79 Å². The van der Waals surface area contributed by atoms with E-state index in [4.69, 9.17) is 11.6 Å². The lowest BCUT2D eigenvalue weighted by atomic mass is 10.1. The van der Waals surface area contributed by atoms with Gasteiger partial charge in [-0.15, -0.1) is 0 Å². The summed E-state index contributed by atoms with van der Waals surface area (Å²) in [6.07, 6.45) is 2.20. The van der Waals surface area contributed by atoms with E-state index >= 15 is 0 Å². The summed E-state index contributed by atoms with van der Waals surface area (Å²) in [5.41, 5.74) is 2.61. The van der Waals surface area contributed by atoms with Gasteiger partial charge in [-0.05, 0) is 25.0 Å². The molecular formula is C17H23ClN4O2S. The number of fused-ring (bicyclic) bond motifs is 1. The number of nitrogens with zero attached hydrogens (tertiary/aromatic N) is 2. The summed E-state index contributed by atoms with van der Waals surface area (Å²) < 4.78 is 0. The minimum atomic E-state index is -0.842. The number of imidazole rings is 1. The third-order valence-corrected chi connectivity index (χ3v) is 6.25. The zero-order valence-electron chi connectivity index (χ0n) is 14.4. The van der Waals surface area contributed by atoms with Crippen LogP contribution >= 0.6 is 23.4 Å². The topological polar surface area (TPSA) is 81.2 Å². The largest absolute Gasteiger partial charge is 0.480 e. The fourth-order valence-electron chi connectivity index (χ4n) is 3.04. The number of halogens is 1. The molecule has 1 aliphatic heterocycles. The zero-order chi connectivity index (χ0) is 18.0. The van der Waals surface area contributed by atoms with Crippen LogP contribution in [0.3, 0.4) is 0 Å². The molecule has 1 aromatic carbocycles. The molecule has 1 aliphatic rings. The van der Waals surface area contributed by atoms with Gasteiger partial charge in [0.15, 0.2) is 5.16 Å². The highest BCUT2D eigenvalue weighted by atomic mass is 35.5. The molecule has 3 rings (SSSR count). The molecule has 0 saturated carbocycles. The van der Waals surface area contributed by atoms with Crippen molar-refractivity contribution < 1.29 is 9.90 Å². The van der Waals surface area contributed by atoms with Crippen LogP contribution in [0.25, 0.3) is 11.0 Å². The van der Waals surface area contributed by atoms with E-state index in [0.29, 0.717) is 23.4 Å². The van der Waals surface area contributed by atoms with Crippen molar-refractivity contribution in [3.8, 4) is 0 Å². The Kier molecular flexibility index (Phi) is 5.76. The number of hydrogen-bond acceptors (Lipinski definition) is 5. The number of rotatable bonds is 6. The number of thioether (sulfide) groups is 1. The van der Waals surface area contributed by atoms with Crippen LogP contribution in [0.2, 0.25) is 5.02 Å². The smallest absolute Gasteiger partial charge is 0.322 e. The Bertz CT molecular complexity index is 762. The van der Waals surface area contributed by atoms with Crippen molar-refractivity contribution in [1.29, 1.82) is 0 Å². The average Bonchev–Trinajstić information content (AvgIpc) is 3.00. The van der Waals surface area contributed by atoms with Crippen molar-refractivity contribution in [3.63, 3.8) is 0 Å². The Morgan fingerprint density at radius 3 is 2.92 bits per heavy atom. The van der Waals surface area contributed by atoms with E-state index in [9.17, 15) is 9.90 Å². The van der Waals surface area contributed by atoms with E-state index in [-0.39, 0.29) is 0 Å². The Hall–Kier alpha value is -1.44. The van der Waals surface area contributed by atoms with Gasteiger partial charge in [0, 0.05) is 24.9 Å². The second kappa shape index (κ2) is 7.85. The van der Waals surface area contributed by atoms with Crippen molar-refractivity contribution in [1.82, 2.24) is 15.3 Å². The molecule has 1 fully saturated rings. The lowest BCUT2D eigenvalue weighted by Crippen LogP contribution is -2.54. The third-order valence-electron chi connectivity index (χ3n) is 4.53. The van der Waals surface area contributed by atoms with Crippen LogP contribution in [0.1, 0.15) is 26.7 Å². The SMILES string of the molecule is CCC(CC)Sc1nc2cc(N3CCNC(C(=O)O)C3)c(Cl)cc2[nH]1. The predicted octanol–water partition coefficient (Wildman–Crippen LogP) is 3.36. The number of aliphatic carboxylic acids is 1. The molecule has 1 atom stereocenters. The highest BCUT2D eigenvalue weighted by Crippen LogP contribution is 2.33. The van der Waals surface area contributed by atoms with Gasteiger partial charge >= 0.3 is 5.97 Å². The van der Waals surface area contributed by atoms with E-state index in [1.807, 2.05) is 17.0 Å². The first-order chi connectivity index (χ1) is 12.0. The molecule has 1 unspecified atom stereocenters. The van der Waals surface area contributed by atoms with Gasteiger partial charge in [0.1, 0.15) is 6.04 Å². The highest BCUT2D eigenvalue weighted by Gasteiger charge is 2.26. The summed E-state index contributed by atoms with van der Waals surface area (Å²) >= 11 is 8.22.